The van der Waals surface area contributed by atoms with Crippen molar-refractivity contribution in [1.29, 1.82) is 0 Å². The van der Waals surface area contributed by atoms with Crippen molar-refractivity contribution in [3.8, 4) is 0 Å². The van der Waals surface area contributed by atoms with Crippen LogP contribution in [0.5, 0.6) is 0 Å². The Bertz CT molecular complexity index is 1030. The van der Waals surface area contributed by atoms with E-state index in [0.717, 1.165) is 5.56 Å². The lowest BCUT2D eigenvalue weighted by Crippen LogP contribution is -2.37. The number of hydrogen-bond acceptors (Lipinski definition) is 4. The molecule has 1 aliphatic rings. The van der Waals surface area contributed by atoms with Crippen LogP contribution in [0.1, 0.15) is 11.6 Å². The van der Waals surface area contributed by atoms with Gasteiger partial charge in [0.15, 0.2) is 6.10 Å². The summed E-state index contributed by atoms with van der Waals surface area (Å²) < 4.78 is 0. The second-order valence-electron chi connectivity index (χ2n) is 6.90. The molecule has 2 N–H and O–H groups in total. The molecule has 6 nitrogen and oxygen atoms in total. The zero-order chi connectivity index (χ0) is 21.1. The molecule has 0 aliphatic carbocycles. The Balaban J connectivity index is 1.74. The van der Waals surface area contributed by atoms with Crippen molar-refractivity contribution >= 4 is 34.9 Å². The second kappa shape index (κ2) is 8.57. The maximum atomic E-state index is 13.3. The van der Waals surface area contributed by atoms with Crippen LogP contribution < -0.4 is 10.4 Å². The van der Waals surface area contributed by atoms with Gasteiger partial charge in [0, 0.05) is 10.7 Å². The van der Waals surface area contributed by atoms with Gasteiger partial charge in [-0.2, -0.15) is 0 Å². The van der Waals surface area contributed by atoms with E-state index in [2.05, 4.69) is 5.32 Å². The van der Waals surface area contributed by atoms with Gasteiger partial charge in [-0.3, -0.25) is 9.63 Å². The van der Waals surface area contributed by atoms with Gasteiger partial charge < -0.3 is 10.4 Å². The number of rotatable bonds is 5. The fraction of sp³-hybridized carbons (Fsp3) is 0.130. The molecule has 1 fully saturated rings. The summed E-state index contributed by atoms with van der Waals surface area (Å²) in [5.74, 6) is -2.64. The lowest BCUT2D eigenvalue weighted by Gasteiger charge is -2.27. The largest absolute Gasteiger partial charge is 0.479 e. The third kappa shape index (κ3) is 4.01. The highest BCUT2D eigenvalue weighted by Crippen LogP contribution is 2.43. The Morgan fingerprint density at radius 1 is 0.900 bits per heavy atom. The van der Waals surface area contributed by atoms with Crippen LogP contribution in [0.4, 0.5) is 11.4 Å². The Hall–Kier alpha value is -3.35. The number of amides is 1. The quantitative estimate of drug-likeness (QED) is 0.631. The molecule has 1 aliphatic heterocycles. The maximum absolute atomic E-state index is 13.3. The van der Waals surface area contributed by atoms with Gasteiger partial charge in [-0.1, -0.05) is 60.1 Å². The topological polar surface area (TPSA) is 78.9 Å². The molecule has 152 valence electrons. The van der Waals surface area contributed by atoms with E-state index in [9.17, 15) is 14.7 Å². The summed E-state index contributed by atoms with van der Waals surface area (Å²) in [4.78, 5) is 31.1. The summed E-state index contributed by atoms with van der Waals surface area (Å²) >= 11 is 5.91. The average molecular weight is 423 g/mol. The molecule has 0 aromatic heterocycles. The third-order valence-corrected chi connectivity index (χ3v) is 5.21. The summed E-state index contributed by atoms with van der Waals surface area (Å²) in [5, 5.41) is 14.7. The van der Waals surface area contributed by atoms with Gasteiger partial charge >= 0.3 is 5.97 Å². The number of para-hydroxylation sites is 1. The maximum Gasteiger partial charge on any atom is 0.336 e. The van der Waals surface area contributed by atoms with E-state index in [1.54, 1.807) is 24.3 Å². The molecule has 3 atom stereocenters. The molecule has 1 amide bonds. The van der Waals surface area contributed by atoms with Gasteiger partial charge in [0.2, 0.25) is 5.91 Å². The van der Waals surface area contributed by atoms with Crippen molar-refractivity contribution < 1.29 is 19.5 Å². The van der Waals surface area contributed by atoms with Crippen LogP contribution in [0.3, 0.4) is 0 Å². The molecule has 30 heavy (non-hydrogen) atoms. The summed E-state index contributed by atoms with van der Waals surface area (Å²) in [6.45, 7) is 0. The van der Waals surface area contributed by atoms with Gasteiger partial charge in [0.25, 0.3) is 0 Å². The Morgan fingerprint density at radius 2 is 1.50 bits per heavy atom. The highest BCUT2D eigenvalue weighted by molar-refractivity contribution is 6.30. The van der Waals surface area contributed by atoms with Crippen LogP contribution >= 0.6 is 11.6 Å². The molecule has 4 rings (SSSR count). The van der Waals surface area contributed by atoms with E-state index >= 15 is 0 Å². The van der Waals surface area contributed by atoms with Crippen molar-refractivity contribution in [1.82, 2.24) is 0 Å². The number of aliphatic carboxylic acids is 1. The van der Waals surface area contributed by atoms with Crippen molar-refractivity contribution in [2.45, 2.75) is 12.1 Å². The van der Waals surface area contributed by atoms with Crippen molar-refractivity contribution in [2.75, 3.05) is 10.4 Å². The predicted octanol–water partition coefficient (Wildman–Crippen LogP) is 4.54. The molecule has 3 aromatic rings. The van der Waals surface area contributed by atoms with Gasteiger partial charge in [-0.15, -0.1) is 0 Å². The fourth-order valence-corrected chi connectivity index (χ4v) is 3.72. The summed E-state index contributed by atoms with van der Waals surface area (Å²) in [5.41, 5.74) is 1.97. The molecular formula is C23H19ClN2O4. The summed E-state index contributed by atoms with van der Waals surface area (Å²) in [7, 11) is 0. The monoisotopic (exact) mass is 422 g/mol. The predicted molar refractivity (Wildman–Crippen MR) is 114 cm³/mol. The van der Waals surface area contributed by atoms with Crippen LogP contribution in [-0.2, 0) is 14.4 Å². The van der Waals surface area contributed by atoms with Crippen LogP contribution in [0.2, 0.25) is 5.02 Å². The van der Waals surface area contributed by atoms with Crippen molar-refractivity contribution in [2.24, 2.45) is 5.92 Å². The van der Waals surface area contributed by atoms with E-state index in [-0.39, 0.29) is 0 Å². The minimum Gasteiger partial charge on any atom is -0.479 e. The average Bonchev–Trinajstić information content (AvgIpc) is 3.18. The highest BCUT2D eigenvalue weighted by atomic mass is 35.5. The number of carbonyl (C=O) groups excluding carboxylic acids is 1. The second-order valence-corrected chi connectivity index (χ2v) is 7.34. The van der Waals surface area contributed by atoms with Crippen molar-refractivity contribution in [3.05, 3.63) is 95.5 Å². The number of carbonyl (C=O) groups is 2. The smallest absolute Gasteiger partial charge is 0.336 e. The first-order chi connectivity index (χ1) is 14.5. The van der Waals surface area contributed by atoms with Gasteiger partial charge in [-0.05, 0) is 42.0 Å². The summed E-state index contributed by atoms with van der Waals surface area (Å²) in [6.07, 6.45) is -1.34. The number of nitrogens with one attached hydrogen (secondary N) is 1. The normalized spacial score (nSPS) is 20.7. The number of anilines is 2. The molecule has 0 spiro atoms. The number of carboxylic acids is 1. The zero-order valence-electron chi connectivity index (χ0n) is 15.8. The Labute approximate surface area is 178 Å². The number of carboxylic acid groups (broad SMARTS) is 1. The molecule has 3 aromatic carbocycles. The van der Waals surface area contributed by atoms with E-state index in [0.29, 0.717) is 16.4 Å². The van der Waals surface area contributed by atoms with Crippen LogP contribution in [0.15, 0.2) is 84.9 Å². The Morgan fingerprint density at radius 3 is 2.10 bits per heavy atom. The molecular weight excluding hydrogens is 404 g/mol. The first kappa shape index (κ1) is 19.9. The number of benzene rings is 3. The lowest BCUT2D eigenvalue weighted by atomic mass is 9.88. The molecule has 0 saturated carbocycles. The number of nitrogens with zero attached hydrogens (tertiary/aromatic N) is 1. The SMILES string of the molecule is O=C(Nc1ccc(Cl)cc1)[C@H]1[C@H](C(=O)O)ON(c2ccccc2)[C@H]1c1ccccc1. The van der Waals surface area contributed by atoms with Crippen LogP contribution in [0.25, 0.3) is 0 Å². The van der Waals surface area contributed by atoms with E-state index < -0.39 is 29.9 Å². The molecule has 1 saturated heterocycles. The molecule has 0 unspecified atom stereocenters. The minimum atomic E-state index is -1.34. The summed E-state index contributed by atoms with van der Waals surface area (Å²) in [6, 6.07) is 24.4. The molecule has 1 heterocycles. The lowest BCUT2D eigenvalue weighted by molar-refractivity contribution is -0.151. The third-order valence-electron chi connectivity index (χ3n) is 4.96. The van der Waals surface area contributed by atoms with E-state index in [1.165, 1.54) is 5.06 Å². The Kier molecular flexibility index (Phi) is 5.70. The van der Waals surface area contributed by atoms with Gasteiger partial charge in [0.1, 0.15) is 5.92 Å². The minimum absolute atomic E-state index is 0.447. The number of hydrogen-bond donors (Lipinski definition) is 2. The van der Waals surface area contributed by atoms with Crippen molar-refractivity contribution in [3.63, 3.8) is 0 Å². The zero-order valence-corrected chi connectivity index (χ0v) is 16.6. The van der Waals surface area contributed by atoms with Gasteiger partial charge in [-0.25, -0.2) is 9.86 Å². The number of halogens is 1. The standard InChI is InChI=1S/C23H19ClN2O4/c24-16-11-13-17(14-12-16)25-22(27)19-20(15-7-3-1-4-8-15)26(30-21(19)23(28)29)18-9-5-2-6-10-18/h1-14,19-21H,(H,25,27)(H,28,29)/t19-,20+,21-/m1/s1. The van der Waals surface area contributed by atoms with E-state index in [1.807, 2.05) is 60.7 Å². The highest BCUT2D eigenvalue weighted by Gasteiger charge is 2.52. The van der Waals surface area contributed by atoms with E-state index in [4.69, 9.17) is 16.4 Å². The fourth-order valence-electron chi connectivity index (χ4n) is 3.59. The first-order valence-electron chi connectivity index (χ1n) is 9.40. The molecule has 0 bridgehead atoms. The van der Waals surface area contributed by atoms with Crippen LogP contribution in [0, 0.1) is 5.92 Å². The number of hydroxylamine groups is 1. The van der Waals surface area contributed by atoms with Gasteiger partial charge in [0.05, 0.1) is 11.7 Å². The van der Waals surface area contributed by atoms with Crippen LogP contribution in [-0.4, -0.2) is 23.1 Å². The molecule has 7 heteroatoms. The molecule has 0 radical (unpaired) electrons. The first-order valence-corrected chi connectivity index (χ1v) is 9.77.